The van der Waals surface area contributed by atoms with E-state index in [2.05, 4.69) is 42.9 Å². The van der Waals surface area contributed by atoms with Crippen molar-refractivity contribution in [3.05, 3.63) is 65.9 Å². The van der Waals surface area contributed by atoms with Gasteiger partial charge in [0, 0.05) is 42.3 Å². The molecule has 1 fully saturated rings. The average molecular weight is 599 g/mol. The monoisotopic (exact) mass is 598 g/mol. The fraction of sp³-hybridized carbons (Fsp3) is 0.545. The number of carbonyl (C=O) groups excluding carboxylic acids is 1. The Morgan fingerprint density at radius 3 is 2.50 bits per heavy atom. The van der Waals surface area contributed by atoms with Crippen molar-refractivity contribution in [1.82, 2.24) is 15.2 Å². The van der Waals surface area contributed by atoms with E-state index in [9.17, 15) is 19.0 Å². The molecule has 2 heterocycles. The first-order valence-electron chi connectivity index (χ1n) is 15.3. The van der Waals surface area contributed by atoms with Gasteiger partial charge in [0.25, 0.3) is 5.91 Å². The summed E-state index contributed by atoms with van der Waals surface area (Å²) in [5.41, 5.74) is 2.85. The highest BCUT2D eigenvalue weighted by Crippen LogP contribution is 2.52. The predicted molar refractivity (Wildman–Crippen MR) is 175 cm³/mol. The van der Waals surface area contributed by atoms with E-state index < -0.39 is 22.9 Å². The molecular weight excluding hydrogens is 548 g/mol. The minimum Gasteiger partial charge on any atom is -0.390 e. The maximum atomic E-state index is 13.9. The Morgan fingerprint density at radius 2 is 1.86 bits per heavy atom. The zero-order chi connectivity index (χ0) is 30.5. The minimum atomic E-state index is -2.94. The Hall–Kier alpha value is -2.56. The lowest BCUT2D eigenvalue weighted by molar-refractivity contribution is 0.0812. The van der Waals surface area contributed by atoms with Crippen molar-refractivity contribution in [2.45, 2.75) is 91.0 Å². The summed E-state index contributed by atoms with van der Waals surface area (Å²) in [7, 11) is -2.94. The van der Waals surface area contributed by atoms with E-state index in [1.165, 1.54) is 6.42 Å². The maximum absolute atomic E-state index is 13.9. The van der Waals surface area contributed by atoms with Gasteiger partial charge < -0.3 is 20.3 Å². The van der Waals surface area contributed by atoms with Crippen LogP contribution in [0.5, 0.6) is 0 Å². The molecule has 3 aromatic rings. The second-order valence-corrected chi connectivity index (χ2v) is 14.8. The lowest BCUT2D eigenvalue weighted by Crippen LogP contribution is -2.52. The molecule has 0 bridgehead atoms. The molecule has 1 aliphatic rings. The Kier molecular flexibility index (Phi) is 10.6. The molecule has 4 rings (SSSR count). The van der Waals surface area contributed by atoms with Gasteiger partial charge in [-0.2, -0.15) is 0 Å². The molecule has 0 aliphatic carbocycles. The van der Waals surface area contributed by atoms with E-state index in [0.717, 1.165) is 35.9 Å². The van der Waals surface area contributed by atoms with Gasteiger partial charge in [-0.05, 0) is 69.7 Å². The number of hydrogen-bond acceptors (Lipinski definition) is 6. The lowest BCUT2D eigenvalue weighted by atomic mass is 9.93. The van der Waals surface area contributed by atoms with Crippen LogP contribution in [0, 0.1) is 5.92 Å². The number of aryl methyl sites for hydroxylation is 1. The third-order valence-corrected chi connectivity index (χ3v) is 10.2. The van der Waals surface area contributed by atoms with Crippen molar-refractivity contribution < 1.29 is 19.0 Å². The van der Waals surface area contributed by atoms with Gasteiger partial charge in [0.15, 0.2) is 0 Å². The Morgan fingerprint density at radius 1 is 1.12 bits per heavy atom. The largest absolute Gasteiger partial charge is 0.390 e. The number of rotatable bonds is 14. The highest BCUT2D eigenvalue weighted by molar-refractivity contribution is 8.25. The first-order valence-corrected chi connectivity index (χ1v) is 17.0. The van der Waals surface area contributed by atoms with Crippen molar-refractivity contribution in [2.75, 3.05) is 23.1 Å². The van der Waals surface area contributed by atoms with Crippen molar-refractivity contribution in [3.8, 4) is 0 Å². The molecule has 232 valence electrons. The topological polar surface area (TPSA) is 110 Å². The molecule has 1 saturated heterocycles. The van der Waals surface area contributed by atoms with Crippen molar-refractivity contribution in [1.29, 1.82) is 0 Å². The lowest BCUT2D eigenvalue weighted by Gasteiger charge is -2.38. The Bertz CT molecular complexity index is 1320. The number of benzene rings is 2. The number of nitrogens with one attached hydrogen (secondary N) is 2. The molecule has 0 radical (unpaired) electrons. The van der Waals surface area contributed by atoms with E-state index in [4.69, 9.17) is 0 Å². The van der Waals surface area contributed by atoms with Crippen LogP contribution in [0.2, 0.25) is 0 Å². The Labute approximate surface area is 253 Å². The van der Waals surface area contributed by atoms with Crippen LogP contribution in [0.4, 0.5) is 5.69 Å². The Balaban J connectivity index is 1.58. The molecule has 1 aromatic heterocycles. The van der Waals surface area contributed by atoms with Gasteiger partial charge >= 0.3 is 0 Å². The second kappa shape index (κ2) is 13.8. The molecule has 0 saturated carbocycles. The van der Waals surface area contributed by atoms with Crippen LogP contribution in [-0.2, 0) is 13.0 Å². The summed E-state index contributed by atoms with van der Waals surface area (Å²) in [6.07, 6.45) is 5.60. The molecule has 2 aromatic carbocycles. The summed E-state index contributed by atoms with van der Waals surface area (Å²) < 4.78 is 25.2. The zero-order valence-electron chi connectivity index (χ0n) is 25.8. The molecule has 2 atom stereocenters. The average Bonchev–Trinajstić information content (AvgIpc) is 3.53. The van der Waals surface area contributed by atoms with Crippen LogP contribution in [0.3, 0.4) is 0 Å². The minimum absolute atomic E-state index is 0.137. The van der Waals surface area contributed by atoms with Crippen molar-refractivity contribution in [3.63, 3.8) is 0 Å². The van der Waals surface area contributed by atoms with E-state index in [-0.39, 0.29) is 11.4 Å². The maximum Gasteiger partial charge on any atom is 0.251 e. The smallest absolute Gasteiger partial charge is 0.251 e. The molecule has 0 unspecified atom stereocenters. The number of carbonyl (C=O) groups is 1. The van der Waals surface area contributed by atoms with Gasteiger partial charge in [-0.1, -0.05) is 57.0 Å². The number of aromatic nitrogens is 1. The second-order valence-electron chi connectivity index (χ2n) is 12.7. The van der Waals surface area contributed by atoms with Crippen molar-refractivity contribution in [2.24, 2.45) is 5.92 Å². The first-order chi connectivity index (χ1) is 19.9. The number of amides is 1. The van der Waals surface area contributed by atoms with Crippen LogP contribution < -0.4 is 14.9 Å². The number of β-amino-alcohol motifs (C(OH)–C–C–N with tert-alkyl or cyclic N) is 1. The molecule has 0 spiro atoms. The fourth-order valence-corrected chi connectivity index (χ4v) is 7.42. The van der Waals surface area contributed by atoms with Crippen LogP contribution >= 0.6 is 10.8 Å². The van der Waals surface area contributed by atoms with Crippen LogP contribution in [0.1, 0.15) is 76.2 Å². The number of nitrogens with zero attached hydrogens (tertiary/aromatic N) is 2. The number of anilines is 1. The summed E-state index contributed by atoms with van der Waals surface area (Å²) in [6, 6.07) is 15.0. The van der Waals surface area contributed by atoms with Gasteiger partial charge in [0.1, 0.15) is 0 Å². The van der Waals surface area contributed by atoms with E-state index in [1.807, 2.05) is 55.6 Å². The van der Waals surface area contributed by atoms with Gasteiger partial charge in [-0.15, -0.1) is 10.8 Å². The van der Waals surface area contributed by atoms with E-state index in [0.29, 0.717) is 48.9 Å². The normalized spacial score (nSPS) is 17.5. The number of aliphatic hydroxyl groups is 1. The molecule has 42 heavy (non-hydrogen) atoms. The summed E-state index contributed by atoms with van der Waals surface area (Å²) in [4.78, 5) is 13.9. The molecule has 8 nitrogen and oxygen atoms in total. The zero-order valence-corrected chi connectivity index (χ0v) is 26.7. The van der Waals surface area contributed by atoms with Gasteiger partial charge in [0.05, 0.1) is 29.1 Å². The van der Waals surface area contributed by atoms with Crippen molar-refractivity contribution >= 4 is 33.3 Å². The molecular formula is C33H50N4O4S. The molecule has 1 amide bonds. The summed E-state index contributed by atoms with van der Waals surface area (Å²) in [5, 5.41) is 19.0. The van der Waals surface area contributed by atoms with Gasteiger partial charge in [0.2, 0.25) is 0 Å². The van der Waals surface area contributed by atoms with E-state index >= 15 is 0 Å². The fourth-order valence-electron chi connectivity index (χ4n) is 5.79. The number of fused-ring (bicyclic) bond motifs is 1. The van der Waals surface area contributed by atoms with E-state index in [1.54, 1.807) is 10.4 Å². The number of hydrogen-bond donors (Lipinski definition) is 5. The van der Waals surface area contributed by atoms with Crippen LogP contribution in [0.25, 0.3) is 10.9 Å². The third kappa shape index (κ3) is 8.08. The standard InChI is InChI=1S/C33H50N4O4S/c1-6-36-18-15-27-29(36)21-26(22-30(27)37-17-11-19-42(37,40)41)32(39)35-28(20-25-13-8-7-9-14-25)31(38)23-34-33(4,5)16-10-12-24(2)3/h7-9,13-15,18,21-22,24,28,31,34,38,40-41H,6,10-12,16-17,19-20,23H2,1-5H3,(H,35,39)/t28-,31-/m0/s1. The molecule has 1 aliphatic heterocycles. The molecule has 9 heteroatoms. The highest BCUT2D eigenvalue weighted by Gasteiger charge is 2.32. The summed E-state index contributed by atoms with van der Waals surface area (Å²) in [6.45, 7) is 12.4. The quantitative estimate of drug-likeness (QED) is 0.146. The SMILES string of the molecule is CCn1ccc2c(N3CCCS3(O)O)cc(C(=O)N[C@@H](Cc3ccccc3)[C@@H](O)CNC(C)(C)CCCC(C)C)cc21. The number of aliphatic hydroxyl groups excluding tert-OH is 1. The van der Waals surface area contributed by atoms with Gasteiger partial charge in [-0.3, -0.25) is 18.2 Å². The summed E-state index contributed by atoms with van der Waals surface area (Å²) >= 11 is 0. The van der Waals surface area contributed by atoms with Gasteiger partial charge in [-0.25, -0.2) is 0 Å². The van der Waals surface area contributed by atoms with Crippen LogP contribution in [-0.4, -0.2) is 61.2 Å². The first kappa shape index (κ1) is 32.4. The summed E-state index contributed by atoms with van der Waals surface area (Å²) in [5.74, 6) is 0.689. The highest BCUT2D eigenvalue weighted by atomic mass is 32.3. The van der Waals surface area contributed by atoms with Crippen LogP contribution in [0.15, 0.2) is 54.7 Å². The molecule has 5 N–H and O–H groups in total. The third-order valence-electron chi connectivity index (χ3n) is 8.32. The predicted octanol–water partition coefficient (Wildman–Crippen LogP) is 6.43.